The van der Waals surface area contributed by atoms with E-state index in [9.17, 15) is 4.79 Å². The summed E-state index contributed by atoms with van der Waals surface area (Å²) in [5.74, 6) is -0.299. The third kappa shape index (κ3) is 3.55. The molecule has 1 N–H and O–H groups in total. The fourth-order valence-corrected chi connectivity index (χ4v) is 3.02. The van der Waals surface area contributed by atoms with Crippen LogP contribution >= 0.6 is 23.2 Å². The molecule has 1 aliphatic rings. The van der Waals surface area contributed by atoms with Crippen LogP contribution in [0.4, 0.5) is 5.69 Å². The summed E-state index contributed by atoms with van der Waals surface area (Å²) in [6, 6.07) is 4.84. The van der Waals surface area contributed by atoms with E-state index in [1.807, 2.05) is 24.7 Å². The molecule has 0 saturated heterocycles. The van der Waals surface area contributed by atoms with Gasteiger partial charge in [0.05, 0.1) is 11.4 Å². The highest BCUT2D eigenvalue weighted by Crippen LogP contribution is 2.24. The zero-order valence-electron chi connectivity index (χ0n) is 13.2. The third-order valence-electron chi connectivity index (χ3n) is 3.67. The minimum absolute atomic E-state index is 0.299. The Kier molecular flexibility index (Phi) is 4.78. The minimum atomic E-state index is -0.692. The predicted molar refractivity (Wildman–Crippen MR) is 93.8 cm³/mol. The van der Waals surface area contributed by atoms with Gasteiger partial charge >= 0.3 is 0 Å². The van der Waals surface area contributed by atoms with E-state index < -0.39 is 6.10 Å². The Morgan fingerprint density at radius 1 is 1.38 bits per heavy atom. The van der Waals surface area contributed by atoms with Gasteiger partial charge < -0.3 is 10.2 Å². The second-order valence-corrected chi connectivity index (χ2v) is 6.34. The topological polar surface area (TPSA) is 68.5 Å². The highest BCUT2D eigenvalue weighted by atomic mass is 35.5. The molecule has 1 aromatic heterocycles. The average molecular weight is 367 g/mol. The Balaban J connectivity index is 1.67. The van der Waals surface area contributed by atoms with E-state index in [1.54, 1.807) is 18.2 Å². The van der Waals surface area contributed by atoms with Crippen molar-refractivity contribution < 1.29 is 9.63 Å². The fourth-order valence-electron chi connectivity index (χ4n) is 2.49. The van der Waals surface area contributed by atoms with Crippen molar-refractivity contribution in [2.75, 3.05) is 5.32 Å². The van der Waals surface area contributed by atoms with Gasteiger partial charge in [0, 0.05) is 40.5 Å². The lowest BCUT2D eigenvalue weighted by atomic mass is 10.1. The molecular weight excluding hydrogens is 351 g/mol. The molecule has 0 aliphatic carbocycles. The quantitative estimate of drug-likeness (QED) is 0.897. The molecule has 1 unspecified atom stereocenters. The summed E-state index contributed by atoms with van der Waals surface area (Å²) in [4.78, 5) is 17.6. The van der Waals surface area contributed by atoms with Crippen molar-refractivity contribution in [3.63, 3.8) is 0 Å². The maximum absolute atomic E-state index is 12.3. The molecule has 0 bridgehead atoms. The van der Waals surface area contributed by atoms with E-state index in [0.717, 1.165) is 23.5 Å². The van der Waals surface area contributed by atoms with Crippen LogP contribution in [0.25, 0.3) is 0 Å². The Hall–Kier alpha value is -2.05. The van der Waals surface area contributed by atoms with Gasteiger partial charge in [-0.15, -0.1) is 0 Å². The Bertz CT molecular complexity index is 796. The van der Waals surface area contributed by atoms with Crippen molar-refractivity contribution in [2.24, 2.45) is 5.16 Å². The van der Waals surface area contributed by atoms with Crippen LogP contribution < -0.4 is 5.32 Å². The van der Waals surface area contributed by atoms with Crippen LogP contribution in [0.1, 0.15) is 24.6 Å². The molecular formula is C16H16Cl2N4O2. The number of carbonyl (C=O) groups excluding carboxylic acids is 1. The van der Waals surface area contributed by atoms with Gasteiger partial charge in [0.1, 0.15) is 0 Å². The molecule has 1 atom stereocenters. The highest BCUT2D eigenvalue weighted by Gasteiger charge is 2.30. The van der Waals surface area contributed by atoms with Gasteiger partial charge in [-0.25, -0.2) is 0 Å². The smallest absolute Gasteiger partial charge is 0.268 e. The number of halogens is 2. The first-order chi connectivity index (χ1) is 11.5. The van der Waals surface area contributed by atoms with Crippen molar-refractivity contribution in [1.82, 2.24) is 9.78 Å². The molecule has 24 heavy (non-hydrogen) atoms. The number of aryl methyl sites for hydroxylation is 2. The van der Waals surface area contributed by atoms with Gasteiger partial charge in [0.15, 0.2) is 0 Å². The van der Waals surface area contributed by atoms with Crippen LogP contribution in [0.2, 0.25) is 10.0 Å². The van der Waals surface area contributed by atoms with E-state index in [0.29, 0.717) is 22.2 Å². The molecule has 6 nitrogen and oxygen atoms in total. The molecule has 126 valence electrons. The summed E-state index contributed by atoms with van der Waals surface area (Å²) >= 11 is 11.9. The number of carbonyl (C=O) groups is 1. The molecule has 1 aliphatic heterocycles. The number of hydrogen-bond acceptors (Lipinski definition) is 4. The number of benzene rings is 1. The van der Waals surface area contributed by atoms with E-state index in [4.69, 9.17) is 28.0 Å². The first kappa shape index (κ1) is 16.8. The van der Waals surface area contributed by atoms with Crippen LogP contribution in [-0.2, 0) is 16.2 Å². The summed E-state index contributed by atoms with van der Waals surface area (Å²) in [5, 5.41) is 12.1. The number of anilines is 1. The molecule has 0 radical (unpaired) electrons. The SMILES string of the molecule is CCn1cc(C2=NOC(C(=O)Nc3cc(Cl)cc(Cl)c3)C2)c(C)n1. The normalized spacial score (nSPS) is 16.7. The molecule has 2 heterocycles. The van der Waals surface area contributed by atoms with E-state index in [-0.39, 0.29) is 5.91 Å². The zero-order valence-corrected chi connectivity index (χ0v) is 14.7. The van der Waals surface area contributed by atoms with Crippen LogP contribution in [-0.4, -0.2) is 27.5 Å². The van der Waals surface area contributed by atoms with Crippen LogP contribution in [0.3, 0.4) is 0 Å². The summed E-state index contributed by atoms with van der Waals surface area (Å²) in [6.07, 6.45) is 1.60. The molecule has 2 aromatic rings. The van der Waals surface area contributed by atoms with E-state index in [1.165, 1.54) is 0 Å². The van der Waals surface area contributed by atoms with Gasteiger partial charge in [0.2, 0.25) is 6.10 Å². The monoisotopic (exact) mass is 366 g/mol. The number of aromatic nitrogens is 2. The first-order valence-electron chi connectivity index (χ1n) is 7.50. The number of hydrogen-bond donors (Lipinski definition) is 1. The number of oxime groups is 1. The largest absolute Gasteiger partial charge is 0.382 e. The molecule has 0 spiro atoms. The van der Waals surface area contributed by atoms with Crippen LogP contribution in [0, 0.1) is 6.92 Å². The maximum Gasteiger partial charge on any atom is 0.268 e. The van der Waals surface area contributed by atoms with E-state index >= 15 is 0 Å². The van der Waals surface area contributed by atoms with Crippen molar-refractivity contribution in [2.45, 2.75) is 32.9 Å². The highest BCUT2D eigenvalue weighted by molar-refractivity contribution is 6.35. The summed E-state index contributed by atoms with van der Waals surface area (Å²) in [6.45, 7) is 4.69. The number of amides is 1. The van der Waals surface area contributed by atoms with Crippen LogP contribution in [0.5, 0.6) is 0 Å². The molecule has 3 rings (SSSR count). The van der Waals surface area contributed by atoms with Crippen molar-refractivity contribution in [3.8, 4) is 0 Å². The van der Waals surface area contributed by atoms with Gasteiger partial charge in [-0.3, -0.25) is 9.48 Å². The predicted octanol–water partition coefficient (Wildman–Crippen LogP) is 3.65. The fraction of sp³-hybridized carbons (Fsp3) is 0.312. The summed E-state index contributed by atoms with van der Waals surface area (Å²) in [7, 11) is 0. The zero-order chi connectivity index (χ0) is 17.3. The lowest BCUT2D eigenvalue weighted by Gasteiger charge is -2.10. The lowest BCUT2D eigenvalue weighted by Crippen LogP contribution is -2.28. The third-order valence-corrected chi connectivity index (χ3v) is 4.11. The van der Waals surface area contributed by atoms with Crippen LogP contribution in [0.15, 0.2) is 29.6 Å². The van der Waals surface area contributed by atoms with E-state index in [2.05, 4.69) is 15.6 Å². The molecule has 0 saturated carbocycles. The second-order valence-electron chi connectivity index (χ2n) is 5.47. The molecule has 8 heteroatoms. The standard InChI is InChI=1S/C16H16Cl2N4O2/c1-3-22-8-13(9(2)20-22)14-7-15(24-21-14)16(23)19-12-5-10(17)4-11(18)6-12/h4-6,8,15H,3,7H2,1-2H3,(H,19,23). The average Bonchev–Trinajstić information content (AvgIpc) is 3.12. The van der Waals surface area contributed by atoms with Gasteiger partial charge in [-0.05, 0) is 32.0 Å². The number of nitrogens with one attached hydrogen (secondary N) is 1. The lowest BCUT2D eigenvalue weighted by molar-refractivity contribution is -0.125. The molecule has 1 amide bonds. The first-order valence-corrected chi connectivity index (χ1v) is 8.26. The van der Waals surface area contributed by atoms with Gasteiger partial charge in [-0.1, -0.05) is 28.4 Å². The summed E-state index contributed by atoms with van der Waals surface area (Å²) < 4.78 is 1.83. The Morgan fingerprint density at radius 3 is 2.71 bits per heavy atom. The van der Waals surface area contributed by atoms with Crippen molar-refractivity contribution in [3.05, 3.63) is 45.7 Å². The van der Waals surface area contributed by atoms with Gasteiger partial charge in [0.25, 0.3) is 5.91 Å². The van der Waals surface area contributed by atoms with Crippen molar-refractivity contribution in [1.29, 1.82) is 0 Å². The van der Waals surface area contributed by atoms with Gasteiger partial charge in [-0.2, -0.15) is 5.10 Å². The number of rotatable bonds is 4. The summed E-state index contributed by atoms with van der Waals surface area (Å²) in [5.41, 5.74) is 3.00. The second kappa shape index (κ2) is 6.83. The molecule has 1 aromatic carbocycles. The maximum atomic E-state index is 12.3. The Morgan fingerprint density at radius 2 is 2.08 bits per heavy atom. The van der Waals surface area contributed by atoms with Crippen molar-refractivity contribution >= 4 is 40.5 Å². The number of nitrogens with zero attached hydrogens (tertiary/aromatic N) is 3. The minimum Gasteiger partial charge on any atom is -0.382 e. The Labute approximate surface area is 149 Å². The molecule has 0 fully saturated rings.